The average Bonchev–Trinajstić information content (AvgIpc) is 2.85. The van der Waals surface area contributed by atoms with Crippen LogP contribution in [0.25, 0.3) is 17.0 Å². The number of rotatable bonds is 2. The second kappa shape index (κ2) is 3.99. The van der Waals surface area contributed by atoms with Gasteiger partial charge in [0.25, 0.3) is 0 Å². The molecule has 0 unspecified atom stereocenters. The number of hydrogen-bond donors (Lipinski definition) is 2. The Balaban J connectivity index is 2.03. The normalized spacial score (nSPS) is 15.7. The van der Waals surface area contributed by atoms with E-state index in [1.807, 2.05) is 12.2 Å². The third kappa shape index (κ3) is 2.08. The molecular weight excluding hydrogens is 222 g/mol. The van der Waals surface area contributed by atoms with Gasteiger partial charge in [-0.2, -0.15) is 0 Å². The third-order valence-electron chi connectivity index (χ3n) is 3.56. The molecule has 18 heavy (non-hydrogen) atoms. The van der Waals surface area contributed by atoms with Crippen molar-refractivity contribution in [1.82, 2.24) is 4.98 Å². The van der Waals surface area contributed by atoms with Crippen molar-refractivity contribution >= 4 is 17.0 Å². The van der Waals surface area contributed by atoms with E-state index in [-0.39, 0.29) is 0 Å². The van der Waals surface area contributed by atoms with E-state index in [1.54, 1.807) is 13.8 Å². The lowest BCUT2D eigenvalue weighted by atomic mass is 10.0. The van der Waals surface area contributed by atoms with Crippen molar-refractivity contribution in [3.63, 3.8) is 0 Å². The molecule has 2 aromatic rings. The van der Waals surface area contributed by atoms with Crippen LogP contribution < -0.4 is 0 Å². The number of hydrogen-bond acceptors (Lipinski definition) is 1. The highest BCUT2D eigenvalue weighted by atomic mass is 16.3. The van der Waals surface area contributed by atoms with Crippen LogP contribution in [-0.4, -0.2) is 15.7 Å². The minimum absolute atomic E-state index is 0.755. The number of benzene rings is 1. The Morgan fingerprint density at radius 3 is 2.89 bits per heavy atom. The first kappa shape index (κ1) is 11.5. The predicted molar refractivity (Wildman–Crippen MR) is 75.7 cm³/mol. The number of aryl methyl sites for hydroxylation is 2. The molecule has 1 aromatic heterocycles. The van der Waals surface area contributed by atoms with Crippen LogP contribution in [0.4, 0.5) is 0 Å². The van der Waals surface area contributed by atoms with Gasteiger partial charge in [-0.15, -0.1) is 0 Å². The molecule has 0 saturated heterocycles. The Hall–Kier alpha value is -1.54. The molecule has 2 N–H and O–H groups in total. The smallest absolute Gasteiger partial charge is 0.0774 e. The van der Waals surface area contributed by atoms with E-state index < -0.39 is 5.60 Å². The van der Waals surface area contributed by atoms with Crippen molar-refractivity contribution in [2.75, 3.05) is 0 Å². The highest BCUT2D eigenvalue weighted by molar-refractivity contribution is 5.87. The van der Waals surface area contributed by atoms with Crippen molar-refractivity contribution in [1.29, 1.82) is 0 Å². The molecule has 94 valence electrons. The SMILES string of the molecule is CC(C)(O)/C=C/c1ccc2[nH]c3c(c2c1)CCC3. The summed E-state index contributed by atoms with van der Waals surface area (Å²) in [5.74, 6) is 0. The molecule has 1 aliphatic carbocycles. The number of aromatic nitrogens is 1. The second-order valence-corrected chi connectivity index (χ2v) is 5.73. The summed E-state index contributed by atoms with van der Waals surface area (Å²) in [4.78, 5) is 3.50. The molecule has 1 aliphatic rings. The van der Waals surface area contributed by atoms with Crippen LogP contribution in [0.3, 0.4) is 0 Å². The summed E-state index contributed by atoms with van der Waals surface area (Å²) in [6.07, 6.45) is 7.46. The lowest BCUT2D eigenvalue weighted by molar-refractivity contribution is 0.134. The van der Waals surface area contributed by atoms with Gasteiger partial charge in [-0.25, -0.2) is 0 Å². The zero-order chi connectivity index (χ0) is 12.8. The molecule has 0 radical (unpaired) electrons. The Kier molecular flexibility index (Phi) is 2.56. The van der Waals surface area contributed by atoms with E-state index >= 15 is 0 Å². The van der Waals surface area contributed by atoms with E-state index in [4.69, 9.17) is 0 Å². The van der Waals surface area contributed by atoms with Gasteiger partial charge in [-0.3, -0.25) is 0 Å². The molecule has 2 heteroatoms. The van der Waals surface area contributed by atoms with Gasteiger partial charge in [0.15, 0.2) is 0 Å². The molecule has 0 saturated carbocycles. The van der Waals surface area contributed by atoms with Gasteiger partial charge in [0.05, 0.1) is 5.60 Å². The first-order valence-corrected chi connectivity index (χ1v) is 6.58. The van der Waals surface area contributed by atoms with E-state index in [0.29, 0.717) is 0 Å². The third-order valence-corrected chi connectivity index (χ3v) is 3.56. The van der Waals surface area contributed by atoms with E-state index in [9.17, 15) is 5.11 Å². The van der Waals surface area contributed by atoms with E-state index in [2.05, 4.69) is 23.2 Å². The van der Waals surface area contributed by atoms with E-state index in [0.717, 1.165) is 5.56 Å². The van der Waals surface area contributed by atoms with Crippen LogP contribution in [0.15, 0.2) is 24.3 Å². The van der Waals surface area contributed by atoms with Crippen molar-refractivity contribution < 1.29 is 5.11 Å². The van der Waals surface area contributed by atoms with Crippen molar-refractivity contribution in [3.05, 3.63) is 41.1 Å². The maximum atomic E-state index is 9.71. The fourth-order valence-electron chi connectivity index (χ4n) is 2.67. The highest BCUT2D eigenvalue weighted by Crippen LogP contribution is 2.30. The van der Waals surface area contributed by atoms with Gasteiger partial charge in [0, 0.05) is 16.6 Å². The van der Waals surface area contributed by atoms with Crippen LogP contribution in [0.2, 0.25) is 0 Å². The van der Waals surface area contributed by atoms with Gasteiger partial charge in [0.2, 0.25) is 0 Å². The molecule has 0 spiro atoms. The molecule has 1 heterocycles. The maximum absolute atomic E-state index is 9.71. The number of fused-ring (bicyclic) bond motifs is 3. The van der Waals surface area contributed by atoms with Crippen LogP contribution in [0.1, 0.15) is 37.1 Å². The molecule has 0 fully saturated rings. The Morgan fingerprint density at radius 1 is 1.28 bits per heavy atom. The number of aromatic amines is 1. The molecule has 2 nitrogen and oxygen atoms in total. The van der Waals surface area contributed by atoms with Crippen molar-refractivity contribution in [2.24, 2.45) is 0 Å². The Morgan fingerprint density at radius 2 is 2.11 bits per heavy atom. The van der Waals surface area contributed by atoms with Crippen LogP contribution >= 0.6 is 0 Å². The Labute approximate surface area is 107 Å². The monoisotopic (exact) mass is 241 g/mol. The van der Waals surface area contributed by atoms with Gasteiger partial charge in [-0.05, 0) is 56.4 Å². The predicted octanol–water partition coefficient (Wildman–Crippen LogP) is 3.44. The summed E-state index contributed by atoms with van der Waals surface area (Å²) in [6.45, 7) is 3.58. The van der Waals surface area contributed by atoms with Crippen LogP contribution in [-0.2, 0) is 12.8 Å². The minimum Gasteiger partial charge on any atom is -0.386 e. The number of nitrogens with one attached hydrogen (secondary N) is 1. The van der Waals surface area contributed by atoms with Crippen molar-refractivity contribution in [3.8, 4) is 0 Å². The van der Waals surface area contributed by atoms with Gasteiger partial charge in [-0.1, -0.05) is 18.2 Å². The molecule has 3 rings (SSSR count). The molecule has 0 amide bonds. The number of H-pyrrole nitrogens is 1. The Bertz CT molecular complexity index is 614. The summed E-state index contributed by atoms with van der Waals surface area (Å²) in [6, 6.07) is 6.45. The minimum atomic E-state index is -0.755. The van der Waals surface area contributed by atoms with Gasteiger partial charge >= 0.3 is 0 Å². The van der Waals surface area contributed by atoms with Gasteiger partial charge in [0.1, 0.15) is 0 Å². The summed E-state index contributed by atoms with van der Waals surface area (Å²) in [5.41, 5.74) is 4.53. The quantitative estimate of drug-likeness (QED) is 0.830. The fraction of sp³-hybridized carbons (Fsp3) is 0.375. The summed E-state index contributed by atoms with van der Waals surface area (Å²) in [5, 5.41) is 11.1. The largest absolute Gasteiger partial charge is 0.386 e. The van der Waals surface area contributed by atoms with Crippen LogP contribution in [0, 0.1) is 0 Å². The van der Waals surface area contributed by atoms with Crippen LogP contribution in [0.5, 0.6) is 0 Å². The van der Waals surface area contributed by atoms with E-state index in [1.165, 1.54) is 41.4 Å². The summed E-state index contributed by atoms with van der Waals surface area (Å²) < 4.78 is 0. The first-order chi connectivity index (χ1) is 8.53. The fourth-order valence-corrected chi connectivity index (χ4v) is 2.67. The van der Waals surface area contributed by atoms with Crippen molar-refractivity contribution in [2.45, 2.75) is 38.7 Å². The lowest BCUT2D eigenvalue weighted by Crippen LogP contribution is -2.13. The average molecular weight is 241 g/mol. The lowest BCUT2D eigenvalue weighted by Gasteiger charge is -2.10. The topological polar surface area (TPSA) is 36.0 Å². The standard InChI is InChI=1S/C16H19NO/c1-16(2,18)9-8-11-6-7-15-13(10-11)12-4-3-5-14(12)17-15/h6-10,17-18H,3-5H2,1-2H3/b9-8+. The summed E-state index contributed by atoms with van der Waals surface area (Å²) in [7, 11) is 0. The maximum Gasteiger partial charge on any atom is 0.0774 e. The summed E-state index contributed by atoms with van der Waals surface area (Å²) >= 11 is 0. The highest BCUT2D eigenvalue weighted by Gasteiger charge is 2.16. The molecule has 1 aromatic carbocycles. The molecular formula is C16H19NO. The molecule has 0 atom stereocenters. The van der Waals surface area contributed by atoms with Gasteiger partial charge < -0.3 is 10.1 Å². The molecule has 0 aliphatic heterocycles. The zero-order valence-corrected chi connectivity index (χ0v) is 11.0. The second-order valence-electron chi connectivity index (χ2n) is 5.73. The zero-order valence-electron chi connectivity index (χ0n) is 11.0. The molecule has 0 bridgehead atoms. The number of aliphatic hydroxyl groups is 1. The first-order valence-electron chi connectivity index (χ1n) is 6.58.